The van der Waals surface area contributed by atoms with E-state index in [1.54, 1.807) is 12.1 Å². The number of anilines is 1. The molecule has 0 radical (unpaired) electrons. The zero-order valence-electron chi connectivity index (χ0n) is 14.8. The predicted octanol–water partition coefficient (Wildman–Crippen LogP) is 3.09. The number of amides is 1. The highest BCUT2D eigenvalue weighted by atomic mass is 32.2. The minimum absolute atomic E-state index is 0.0929. The highest BCUT2D eigenvalue weighted by Gasteiger charge is 2.32. The van der Waals surface area contributed by atoms with Gasteiger partial charge in [0.2, 0.25) is 0 Å². The Morgan fingerprint density at radius 2 is 2.00 bits per heavy atom. The van der Waals surface area contributed by atoms with Crippen LogP contribution in [0.4, 0.5) is 5.69 Å². The fraction of sp³-hybridized carbons (Fsp3) is 0.556. The third-order valence-corrected chi connectivity index (χ3v) is 6.26. The Kier molecular flexibility index (Phi) is 5.13. The van der Waals surface area contributed by atoms with Crippen molar-refractivity contribution in [3.63, 3.8) is 0 Å². The molecule has 1 saturated heterocycles. The van der Waals surface area contributed by atoms with Gasteiger partial charge in [-0.15, -0.1) is 4.40 Å². The van der Waals surface area contributed by atoms with Gasteiger partial charge in [0.05, 0.1) is 5.69 Å². The molecule has 2 heterocycles. The number of carbonyl (C=O) groups is 1. The lowest BCUT2D eigenvalue weighted by atomic mass is 10.1. The second kappa shape index (κ2) is 7.15. The summed E-state index contributed by atoms with van der Waals surface area (Å²) in [5.41, 5.74) is 1.01. The third kappa shape index (κ3) is 3.56. The Bertz CT molecular complexity index is 798. The Hall–Kier alpha value is -1.89. The summed E-state index contributed by atoms with van der Waals surface area (Å²) >= 11 is 0. The predicted molar refractivity (Wildman–Crippen MR) is 98.7 cm³/mol. The fourth-order valence-electron chi connectivity index (χ4n) is 3.38. The Labute approximate surface area is 149 Å². The van der Waals surface area contributed by atoms with Crippen molar-refractivity contribution in [3.05, 3.63) is 23.8 Å². The van der Waals surface area contributed by atoms with Gasteiger partial charge in [-0.1, -0.05) is 20.3 Å². The van der Waals surface area contributed by atoms with Crippen LogP contribution in [0.2, 0.25) is 0 Å². The van der Waals surface area contributed by atoms with Crippen LogP contribution in [0.15, 0.2) is 27.5 Å². The van der Waals surface area contributed by atoms with Crippen molar-refractivity contribution in [2.45, 2.75) is 63.3 Å². The minimum Gasteiger partial charge on any atom is -0.349 e. The molecule has 6 nitrogen and oxygen atoms in total. The second-order valence-electron chi connectivity index (χ2n) is 6.61. The number of sulfonamides is 1. The molecule has 0 spiro atoms. The van der Waals surface area contributed by atoms with Gasteiger partial charge in [-0.3, -0.25) is 4.79 Å². The van der Waals surface area contributed by atoms with E-state index in [0.717, 1.165) is 38.6 Å². The van der Waals surface area contributed by atoms with Gasteiger partial charge in [-0.2, -0.15) is 8.42 Å². The van der Waals surface area contributed by atoms with Gasteiger partial charge in [-0.05, 0) is 43.9 Å². The topological polar surface area (TPSA) is 78.8 Å². The first-order valence-corrected chi connectivity index (χ1v) is 10.5. The van der Waals surface area contributed by atoms with Crippen molar-refractivity contribution < 1.29 is 13.2 Å². The van der Waals surface area contributed by atoms with Gasteiger partial charge < -0.3 is 10.2 Å². The van der Waals surface area contributed by atoms with E-state index in [0.29, 0.717) is 23.5 Å². The number of rotatable bonds is 4. The molecule has 1 fully saturated rings. The van der Waals surface area contributed by atoms with E-state index >= 15 is 0 Å². The Morgan fingerprint density at radius 3 is 2.72 bits per heavy atom. The lowest BCUT2D eigenvalue weighted by Crippen LogP contribution is -2.36. The number of nitrogens with one attached hydrogen (secondary N) is 1. The summed E-state index contributed by atoms with van der Waals surface area (Å²) in [6, 6.07) is 5.01. The van der Waals surface area contributed by atoms with E-state index in [-0.39, 0.29) is 16.8 Å². The molecule has 0 unspecified atom stereocenters. The first-order valence-electron chi connectivity index (χ1n) is 9.02. The van der Waals surface area contributed by atoms with E-state index in [9.17, 15) is 13.2 Å². The van der Waals surface area contributed by atoms with E-state index < -0.39 is 10.0 Å². The van der Waals surface area contributed by atoms with Gasteiger partial charge in [-0.25, -0.2) is 0 Å². The lowest BCUT2D eigenvalue weighted by molar-refractivity contribution is 0.0934. The quantitative estimate of drug-likeness (QED) is 0.891. The minimum atomic E-state index is -3.76. The number of hydrogen-bond donors (Lipinski definition) is 1. The average molecular weight is 363 g/mol. The van der Waals surface area contributed by atoms with Crippen molar-refractivity contribution in [2.24, 2.45) is 4.40 Å². The van der Waals surface area contributed by atoms with Crippen molar-refractivity contribution in [2.75, 3.05) is 11.4 Å². The average Bonchev–Trinajstić information content (AvgIpc) is 2.84. The van der Waals surface area contributed by atoms with E-state index in [4.69, 9.17) is 0 Å². The molecule has 25 heavy (non-hydrogen) atoms. The Morgan fingerprint density at radius 1 is 1.24 bits per heavy atom. The zero-order valence-corrected chi connectivity index (χ0v) is 15.6. The van der Waals surface area contributed by atoms with Crippen LogP contribution in [0.25, 0.3) is 0 Å². The number of carbonyl (C=O) groups excluding carboxylic acids is 1. The van der Waals surface area contributed by atoms with Crippen LogP contribution in [-0.2, 0) is 10.0 Å². The van der Waals surface area contributed by atoms with Crippen LogP contribution in [0.1, 0.15) is 62.7 Å². The molecule has 7 heteroatoms. The fourth-order valence-corrected chi connectivity index (χ4v) is 4.67. The molecule has 0 saturated carbocycles. The molecule has 1 N–H and O–H groups in total. The number of hydrogen-bond acceptors (Lipinski definition) is 4. The summed E-state index contributed by atoms with van der Waals surface area (Å²) < 4.78 is 29.2. The summed E-state index contributed by atoms with van der Waals surface area (Å²) in [6.45, 7) is 4.79. The van der Waals surface area contributed by atoms with Gasteiger partial charge in [0.1, 0.15) is 10.7 Å². The Balaban J connectivity index is 1.97. The molecule has 0 aromatic heterocycles. The maximum absolute atomic E-state index is 12.6. The largest absolute Gasteiger partial charge is 0.349 e. The zero-order chi connectivity index (χ0) is 18.0. The van der Waals surface area contributed by atoms with Gasteiger partial charge >= 0.3 is 0 Å². The standard InChI is InChI=1S/C18H25N3O3S/c1-3-14(4-2)19-18(22)13-9-10-15-16(12-13)25(23,24)20-17-8-6-5-7-11-21(15)17/h9-10,12,14H,3-8,11H2,1-2H3,(H,19,22). The van der Waals surface area contributed by atoms with Gasteiger partial charge in [0.25, 0.3) is 15.9 Å². The molecule has 0 aliphatic carbocycles. The highest BCUT2D eigenvalue weighted by molar-refractivity contribution is 7.90. The summed E-state index contributed by atoms with van der Waals surface area (Å²) in [4.78, 5) is 14.6. The number of benzene rings is 1. The first-order chi connectivity index (χ1) is 12.0. The lowest BCUT2D eigenvalue weighted by Gasteiger charge is -2.29. The van der Waals surface area contributed by atoms with Crippen LogP contribution >= 0.6 is 0 Å². The number of amidine groups is 1. The monoisotopic (exact) mass is 363 g/mol. The molecule has 3 rings (SSSR count). The summed E-state index contributed by atoms with van der Waals surface area (Å²) in [5, 5.41) is 2.95. The van der Waals surface area contributed by atoms with E-state index in [1.165, 1.54) is 6.07 Å². The van der Waals surface area contributed by atoms with Crippen LogP contribution in [0.5, 0.6) is 0 Å². The van der Waals surface area contributed by atoms with E-state index in [2.05, 4.69) is 9.71 Å². The summed E-state index contributed by atoms with van der Waals surface area (Å²) in [6.07, 6.45) is 5.39. The van der Waals surface area contributed by atoms with Gasteiger partial charge in [0.15, 0.2) is 0 Å². The molecule has 2 aliphatic heterocycles. The molecule has 136 valence electrons. The van der Waals surface area contributed by atoms with Crippen molar-refractivity contribution in [1.82, 2.24) is 5.32 Å². The maximum Gasteiger partial charge on any atom is 0.286 e. The van der Waals surface area contributed by atoms with Crippen molar-refractivity contribution >= 4 is 27.5 Å². The smallest absolute Gasteiger partial charge is 0.286 e. The molecule has 0 atom stereocenters. The number of nitrogens with zero attached hydrogens (tertiary/aromatic N) is 2. The second-order valence-corrected chi connectivity index (χ2v) is 8.19. The van der Waals surface area contributed by atoms with Crippen LogP contribution in [0.3, 0.4) is 0 Å². The van der Waals surface area contributed by atoms with Crippen LogP contribution < -0.4 is 10.2 Å². The molecule has 1 aromatic rings. The van der Waals surface area contributed by atoms with Crippen molar-refractivity contribution in [1.29, 1.82) is 0 Å². The van der Waals surface area contributed by atoms with Crippen molar-refractivity contribution in [3.8, 4) is 0 Å². The van der Waals surface area contributed by atoms with Crippen LogP contribution in [0, 0.1) is 0 Å². The third-order valence-electron chi connectivity index (χ3n) is 4.93. The molecular formula is C18H25N3O3S. The molecular weight excluding hydrogens is 338 g/mol. The summed E-state index contributed by atoms with van der Waals surface area (Å²) in [5.74, 6) is 0.386. The molecule has 1 aromatic carbocycles. The highest BCUT2D eigenvalue weighted by Crippen LogP contribution is 2.34. The molecule has 1 amide bonds. The van der Waals surface area contributed by atoms with Crippen LogP contribution in [-0.4, -0.2) is 32.7 Å². The van der Waals surface area contributed by atoms with Gasteiger partial charge in [0, 0.05) is 24.6 Å². The molecule has 2 aliphatic rings. The maximum atomic E-state index is 12.6. The van der Waals surface area contributed by atoms with E-state index in [1.807, 2.05) is 18.7 Å². The molecule has 0 bridgehead atoms. The summed E-state index contributed by atoms with van der Waals surface area (Å²) in [7, 11) is -3.76. The first kappa shape index (κ1) is 17.9. The SMILES string of the molecule is CCC(CC)NC(=O)c1ccc2c(c1)S(=O)(=O)N=C1CCCCCN12. The number of fused-ring (bicyclic) bond motifs is 3. The normalized spacial score (nSPS) is 18.8.